The van der Waals surface area contributed by atoms with Crippen molar-refractivity contribution in [3.8, 4) is 0 Å². The summed E-state index contributed by atoms with van der Waals surface area (Å²) in [4.78, 5) is 14.7. The van der Waals surface area contributed by atoms with Crippen LogP contribution in [0.4, 0.5) is 4.79 Å². The second-order valence-corrected chi connectivity index (χ2v) is 7.25. The fourth-order valence-electron chi connectivity index (χ4n) is 2.85. The molecule has 0 aliphatic rings. The van der Waals surface area contributed by atoms with Crippen molar-refractivity contribution in [3.05, 3.63) is 69.7 Å². The van der Waals surface area contributed by atoms with Crippen molar-refractivity contribution in [1.82, 2.24) is 15.5 Å². The Balaban J connectivity index is 1.93. The van der Waals surface area contributed by atoms with Gasteiger partial charge in [0.2, 0.25) is 0 Å². The number of rotatable bonds is 8. The molecule has 0 spiro atoms. The van der Waals surface area contributed by atoms with E-state index in [1.165, 1.54) is 5.56 Å². The van der Waals surface area contributed by atoms with Gasteiger partial charge in [0.25, 0.3) is 0 Å². The minimum Gasteiger partial charge on any atom is -0.334 e. The van der Waals surface area contributed by atoms with Gasteiger partial charge in [-0.2, -0.15) is 0 Å². The number of carbonyl (C=O) groups excluding carboxylic acids is 1. The smallest absolute Gasteiger partial charge is 0.315 e. The van der Waals surface area contributed by atoms with Gasteiger partial charge in [0.05, 0.1) is 6.04 Å². The lowest BCUT2D eigenvalue weighted by atomic mass is 10.1. The van der Waals surface area contributed by atoms with E-state index in [9.17, 15) is 4.79 Å². The van der Waals surface area contributed by atoms with Crippen molar-refractivity contribution in [2.24, 2.45) is 0 Å². The van der Waals surface area contributed by atoms with Crippen LogP contribution in [-0.4, -0.2) is 24.0 Å². The molecule has 4 nitrogen and oxygen atoms in total. The molecule has 2 aromatic carbocycles. The lowest BCUT2D eigenvalue weighted by Gasteiger charge is -2.20. The maximum atomic E-state index is 12.3. The number of hydrogen-bond donors (Lipinski definition) is 2. The van der Waals surface area contributed by atoms with Gasteiger partial charge in [-0.25, -0.2) is 4.79 Å². The first-order valence-corrected chi connectivity index (χ1v) is 9.91. The highest BCUT2D eigenvalue weighted by Crippen LogP contribution is 2.17. The Kier molecular flexibility index (Phi) is 8.13. The molecule has 1 atom stereocenters. The third-order valence-electron chi connectivity index (χ3n) is 4.54. The number of benzene rings is 2. The third-order valence-corrected chi connectivity index (χ3v) is 5.04. The molecule has 0 fully saturated rings. The van der Waals surface area contributed by atoms with E-state index < -0.39 is 0 Å². The highest BCUT2D eigenvalue weighted by molar-refractivity contribution is 9.10. The van der Waals surface area contributed by atoms with Gasteiger partial charge in [-0.1, -0.05) is 66.2 Å². The zero-order valence-corrected chi connectivity index (χ0v) is 17.3. The van der Waals surface area contributed by atoms with Gasteiger partial charge < -0.3 is 10.6 Å². The van der Waals surface area contributed by atoms with Crippen LogP contribution in [0, 0.1) is 0 Å². The van der Waals surface area contributed by atoms with Crippen molar-refractivity contribution < 1.29 is 4.79 Å². The SMILES string of the molecule is CCN(CC)Cc1ccccc1CNC(=O)NC(C)c1cccc(Br)c1. The van der Waals surface area contributed by atoms with E-state index in [1.54, 1.807) is 0 Å². The predicted molar refractivity (Wildman–Crippen MR) is 111 cm³/mol. The summed E-state index contributed by atoms with van der Waals surface area (Å²) < 4.78 is 1.01. The van der Waals surface area contributed by atoms with Gasteiger partial charge in [-0.3, -0.25) is 4.90 Å². The molecule has 0 radical (unpaired) electrons. The average molecular weight is 418 g/mol. The van der Waals surface area contributed by atoms with Gasteiger partial charge in [0.1, 0.15) is 0 Å². The van der Waals surface area contributed by atoms with Gasteiger partial charge >= 0.3 is 6.03 Å². The normalized spacial score (nSPS) is 12.0. The van der Waals surface area contributed by atoms with Crippen LogP contribution >= 0.6 is 15.9 Å². The maximum absolute atomic E-state index is 12.3. The van der Waals surface area contributed by atoms with Crippen LogP contribution < -0.4 is 10.6 Å². The summed E-state index contributed by atoms with van der Waals surface area (Å²) in [5.74, 6) is 0. The van der Waals surface area contributed by atoms with Crippen molar-refractivity contribution in [1.29, 1.82) is 0 Å². The summed E-state index contributed by atoms with van der Waals surface area (Å²) in [6.07, 6.45) is 0. The first-order chi connectivity index (χ1) is 12.5. The highest BCUT2D eigenvalue weighted by atomic mass is 79.9. The van der Waals surface area contributed by atoms with Crippen molar-refractivity contribution >= 4 is 22.0 Å². The Morgan fingerprint density at radius 1 is 1.08 bits per heavy atom. The van der Waals surface area contributed by atoms with E-state index in [0.717, 1.165) is 35.2 Å². The summed E-state index contributed by atoms with van der Waals surface area (Å²) in [5, 5.41) is 5.98. The Morgan fingerprint density at radius 3 is 2.42 bits per heavy atom. The molecule has 26 heavy (non-hydrogen) atoms. The molecule has 140 valence electrons. The predicted octanol–water partition coefficient (Wildman–Crippen LogP) is 4.85. The van der Waals surface area contributed by atoms with E-state index >= 15 is 0 Å². The molecule has 2 N–H and O–H groups in total. The second kappa shape index (κ2) is 10.3. The second-order valence-electron chi connectivity index (χ2n) is 6.33. The third kappa shape index (κ3) is 6.15. The lowest BCUT2D eigenvalue weighted by Crippen LogP contribution is -2.37. The number of nitrogens with zero attached hydrogens (tertiary/aromatic N) is 1. The van der Waals surface area contributed by atoms with Crippen LogP contribution in [0.2, 0.25) is 0 Å². The molecule has 0 aliphatic carbocycles. The molecule has 0 saturated heterocycles. The molecule has 0 aliphatic heterocycles. The number of hydrogen-bond acceptors (Lipinski definition) is 2. The quantitative estimate of drug-likeness (QED) is 0.644. The summed E-state index contributed by atoms with van der Waals surface area (Å²) in [5.41, 5.74) is 3.48. The van der Waals surface area contributed by atoms with Crippen LogP contribution in [0.25, 0.3) is 0 Å². The summed E-state index contributed by atoms with van der Waals surface area (Å²) in [7, 11) is 0. The first kappa shape index (κ1) is 20.5. The molecule has 0 saturated carbocycles. The number of carbonyl (C=O) groups is 1. The van der Waals surface area contributed by atoms with Crippen LogP contribution in [0.15, 0.2) is 53.0 Å². The standard InChI is InChI=1S/C21H28BrN3O/c1-4-25(5-2)15-19-10-7-6-9-18(19)14-23-21(26)24-16(3)17-11-8-12-20(22)13-17/h6-13,16H,4-5,14-15H2,1-3H3,(H2,23,24,26). The number of urea groups is 1. The average Bonchev–Trinajstić information content (AvgIpc) is 2.65. The number of halogens is 1. The van der Waals surface area contributed by atoms with Gasteiger partial charge in [0.15, 0.2) is 0 Å². The van der Waals surface area contributed by atoms with E-state index in [2.05, 4.69) is 63.5 Å². The molecule has 1 unspecified atom stereocenters. The lowest BCUT2D eigenvalue weighted by molar-refractivity contribution is 0.237. The zero-order valence-electron chi connectivity index (χ0n) is 15.8. The van der Waals surface area contributed by atoms with Crippen LogP contribution in [0.3, 0.4) is 0 Å². The zero-order chi connectivity index (χ0) is 18.9. The van der Waals surface area contributed by atoms with E-state index in [-0.39, 0.29) is 12.1 Å². The van der Waals surface area contributed by atoms with E-state index in [1.807, 2.05) is 37.3 Å². The molecular formula is C21H28BrN3O. The molecule has 0 aromatic heterocycles. The summed E-state index contributed by atoms with van der Waals surface area (Å²) in [6.45, 7) is 9.78. The molecule has 0 heterocycles. The van der Waals surface area contributed by atoms with E-state index in [0.29, 0.717) is 6.54 Å². The Labute approximate surface area is 165 Å². The molecule has 5 heteroatoms. The first-order valence-electron chi connectivity index (χ1n) is 9.12. The molecule has 0 bridgehead atoms. The summed E-state index contributed by atoms with van der Waals surface area (Å²) in [6, 6.07) is 16.0. The molecule has 2 aromatic rings. The molecule has 2 rings (SSSR count). The van der Waals surface area contributed by atoms with Crippen molar-refractivity contribution in [3.63, 3.8) is 0 Å². The monoisotopic (exact) mass is 417 g/mol. The Hall–Kier alpha value is -1.85. The Morgan fingerprint density at radius 2 is 1.77 bits per heavy atom. The largest absolute Gasteiger partial charge is 0.334 e. The van der Waals surface area contributed by atoms with Gasteiger partial charge in [-0.15, -0.1) is 0 Å². The van der Waals surface area contributed by atoms with Crippen LogP contribution in [0.5, 0.6) is 0 Å². The Bertz CT molecular complexity index is 716. The molecular weight excluding hydrogens is 390 g/mol. The van der Waals surface area contributed by atoms with Crippen molar-refractivity contribution in [2.45, 2.75) is 39.9 Å². The fraction of sp³-hybridized carbons (Fsp3) is 0.381. The van der Waals surface area contributed by atoms with Crippen LogP contribution in [-0.2, 0) is 13.1 Å². The van der Waals surface area contributed by atoms with Gasteiger partial charge in [-0.05, 0) is 48.8 Å². The summed E-state index contributed by atoms with van der Waals surface area (Å²) >= 11 is 3.46. The minimum absolute atomic E-state index is 0.0570. The number of amides is 2. The van der Waals surface area contributed by atoms with Crippen molar-refractivity contribution in [2.75, 3.05) is 13.1 Å². The topological polar surface area (TPSA) is 44.4 Å². The van der Waals surface area contributed by atoms with Crippen LogP contribution in [0.1, 0.15) is 43.5 Å². The minimum atomic E-state index is -0.157. The van der Waals surface area contributed by atoms with Gasteiger partial charge in [0, 0.05) is 17.6 Å². The van der Waals surface area contributed by atoms with E-state index in [4.69, 9.17) is 0 Å². The molecule has 2 amide bonds. The number of nitrogens with one attached hydrogen (secondary N) is 2. The highest BCUT2D eigenvalue weighted by Gasteiger charge is 2.11. The fourth-order valence-corrected chi connectivity index (χ4v) is 3.27. The maximum Gasteiger partial charge on any atom is 0.315 e.